The number of ether oxygens (including phenoxy) is 6. The first-order valence-corrected chi connectivity index (χ1v) is 17.4. The Hall–Kier alpha value is -2.72. The Labute approximate surface area is 282 Å². The molecule has 0 saturated carbocycles. The lowest BCUT2D eigenvalue weighted by Gasteiger charge is -2.24. The van der Waals surface area contributed by atoms with Crippen LogP contribution in [0.3, 0.4) is 0 Å². The van der Waals surface area contributed by atoms with Crippen LogP contribution in [0.1, 0.15) is 94.4 Å². The molecule has 8 bridgehead atoms. The van der Waals surface area contributed by atoms with E-state index in [1.165, 1.54) is 11.1 Å². The average Bonchev–Trinajstić information content (AvgIpc) is 3.65. The van der Waals surface area contributed by atoms with Gasteiger partial charge in [0.05, 0.1) is 67.1 Å². The van der Waals surface area contributed by atoms with E-state index in [0.29, 0.717) is 52.9 Å². The monoisotopic (exact) mass is 664 g/mol. The smallest absolute Gasteiger partial charge is 0.129 e. The highest BCUT2D eigenvalue weighted by atomic mass is 32.1. The third-order valence-corrected chi connectivity index (χ3v) is 10.1. The van der Waals surface area contributed by atoms with Crippen LogP contribution < -0.4 is 9.47 Å². The molecule has 1 aliphatic rings. The van der Waals surface area contributed by atoms with Crippen LogP contribution in [0.2, 0.25) is 0 Å². The van der Waals surface area contributed by atoms with Crippen LogP contribution in [0.15, 0.2) is 48.5 Å². The summed E-state index contributed by atoms with van der Waals surface area (Å²) in [5, 5.41) is 0. The second-order valence-corrected chi connectivity index (χ2v) is 16.4. The van der Waals surface area contributed by atoms with Gasteiger partial charge < -0.3 is 28.4 Å². The second-order valence-electron chi connectivity index (χ2n) is 13.9. The highest BCUT2D eigenvalue weighted by Crippen LogP contribution is 2.35. The summed E-state index contributed by atoms with van der Waals surface area (Å²) < 4.78 is 36.9. The number of hydrogen-bond acceptors (Lipinski definition) is 8. The van der Waals surface area contributed by atoms with Gasteiger partial charge in [0, 0.05) is 41.8 Å². The van der Waals surface area contributed by atoms with Crippen molar-refractivity contribution in [3.63, 3.8) is 0 Å². The summed E-state index contributed by atoms with van der Waals surface area (Å²) in [7, 11) is 3.45. The van der Waals surface area contributed by atoms with E-state index in [2.05, 4.69) is 90.1 Å². The van der Waals surface area contributed by atoms with Crippen LogP contribution in [0.5, 0.6) is 11.5 Å². The molecule has 3 heterocycles. The predicted octanol–water partition coefficient (Wildman–Crippen LogP) is 9.60. The number of rotatable bonds is 2. The summed E-state index contributed by atoms with van der Waals surface area (Å²) in [6, 6.07) is 17.3. The fourth-order valence-corrected chi connectivity index (χ4v) is 7.32. The van der Waals surface area contributed by atoms with Crippen molar-refractivity contribution in [3.8, 4) is 11.5 Å². The van der Waals surface area contributed by atoms with Gasteiger partial charge in [-0.1, -0.05) is 41.5 Å². The van der Waals surface area contributed by atoms with E-state index in [9.17, 15) is 0 Å². The van der Waals surface area contributed by atoms with Crippen LogP contribution in [-0.2, 0) is 82.6 Å². The van der Waals surface area contributed by atoms with Crippen LogP contribution in [0.25, 0.3) is 0 Å². The minimum Gasteiger partial charge on any atom is -0.496 e. The first-order valence-electron chi connectivity index (χ1n) is 15.8. The lowest BCUT2D eigenvalue weighted by molar-refractivity contribution is 0.101. The summed E-state index contributed by atoms with van der Waals surface area (Å²) in [5.74, 6) is 1.66. The maximum Gasteiger partial charge on any atom is 0.129 e. The quantitative estimate of drug-likeness (QED) is 0.213. The van der Waals surface area contributed by atoms with Gasteiger partial charge in [-0.3, -0.25) is 0 Å². The molecule has 0 N–H and O–H groups in total. The van der Waals surface area contributed by atoms with Gasteiger partial charge in [-0.05, 0) is 70.5 Å². The molecule has 1 aliphatic heterocycles. The Balaban J connectivity index is 1.42. The Kier molecular flexibility index (Phi) is 11.3. The molecule has 0 saturated heterocycles. The van der Waals surface area contributed by atoms with Crippen molar-refractivity contribution in [1.29, 1.82) is 0 Å². The molecule has 46 heavy (non-hydrogen) atoms. The van der Waals surface area contributed by atoms with Crippen molar-refractivity contribution < 1.29 is 28.4 Å². The van der Waals surface area contributed by atoms with Crippen molar-refractivity contribution in [2.45, 2.75) is 105 Å². The third kappa shape index (κ3) is 8.79. The molecule has 4 aromatic rings. The van der Waals surface area contributed by atoms with Gasteiger partial charge >= 0.3 is 0 Å². The van der Waals surface area contributed by atoms with Crippen LogP contribution in [0.4, 0.5) is 0 Å². The summed E-state index contributed by atoms with van der Waals surface area (Å²) in [6.07, 6.45) is 0. The normalized spacial score (nSPS) is 15.7. The number of thiophene rings is 2. The highest BCUT2D eigenvalue weighted by Gasteiger charge is 2.22. The summed E-state index contributed by atoms with van der Waals surface area (Å²) >= 11 is 3.43. The summed E-state index contributed by atoms with van der Waals surface area (Å²) in [5.41, 5.74) is 6.54. The standard InChI is InChI=1S/C38H48O6S2/c1-37(2,3)29-13-25-17-41-21-31-9-11-33(45-31)23-43-19-27-15-30(38(4,5)6)16-28(36(27)40-8)20-44-24-34-12-10-32(46-34)22-42-18-26(14-29)35(25)39-7/h9-16H,17-24H2,1-8H3. The molecule has 2 aromatic carbocycles. The largest absolute Gasteiger partial charge is 0.496 e. The molecular formula is C38H48O6S2. The van der Waals surface area contributed by atoms with Crippen molar-refractivity contribution in [2.75, 3.05) is 14.2 Å². The molecule has 0 spiro atoms. The Morgan fingerprint density at radius 3 is 0.935 bits per heavy atom. The molecule has 2 aromatic heterocycles. The molecule has 0 amide bonds. The topological polar surface area (TPSA) is 55.4 Å². The van der Waals surface area contributed by atoms with Gasteiger partial charge in [0.2, 0.25) is 0 Å². The van der Waals surface area contributed by atoms with Gasteiger partial charge in [-0.25, -0.2) is 0 Å². The molecule has 0 atom stereocenters. The molecule has 6 nitrogen and oxygen atoms in total. The molecule has 0 aliphatic carbocycles. The minimum absolute atomic E-state index is 0.0254. The van der Waals surface area contributed by atoms with Crippen molar-refractivity contribution in [1.82, 2.24) is 0 Å². The number of benzene rings is 2. The van der Waals surface area contributed by atoms with E-state index in [-0.39, 0.29) is 10.8 Å². The van der Waals surface area contributed by atoms with Crippen LogP contribution in [0, 0.1) is 0 Å². The predicted molar refractivity (Wildman–Crippen MR) is 186 cm³/mol. The molecule has 0 unspecified atom stereocenters. The molecule has 0 radical (unpaired) electrons. The fourth-order valence-electron chi connectivity index (χ4n) is 5.53. The van der Waals surface area contributed by atoms with E-state index in [1.54, 1.807) is 36.9 Å². The van der Waals surface area contributed by atoms with E-state index in [1.807, 2.05) is 0 Å². The Morgan fingerprint density at radius 1 is 0.457 bits per heavy atom. The zero-order valence-corrected chi connectivity index (χ0v) is 30.2. The Bertz CT molecular complexity index is 1390. The van der Waals surface area contributed by atoms with E-state index >= 15 is 0 Å². The van der Waals surface area contributed by atoms with E-state index < -0.39 is 0 Å². The van der Waals surface area contributed by atoms with Gasteiger partial charge in [0.1, 0.15) is 11.5 Å². The van der Waals surface area contributed by atoms with E-state index in [4.69, 9.17) is 28.4 Å². The zero-order chi connectivity index (χ0) is 32.9. The molecule has 248 valence electrons. The van der Waals surface area contributed by atoms with Gasteiger partial charge in [-0.15, -0.1) is 22.7 Å². The minimum atomic E-state index is -0.0254. The lowest BCUT2D eigenvalue weighted by atomic mass is 9.84. The van der Waals surface area contributed by atoms with Gasteiger partial charge in [0.15, 0.2) is 0 Å². The molecular weight excluding hydrogens is 617 g/mol. The fraction of sp³-hybridized carbons (Fsp3) is 0.474. The molecule has 5 rings (SSSR count). The van der Waals surface area contributed by atoms with Crippen LogP contribution in [-0.4, -0.2) is 14.2 Å². The number of fused-ring (bicyclic) bond motifs is 8. The molecule has 0 fully saturated rings. The maximum absolute atomic E-state index is 6.26. The number of hydrogen-bond donors (Lipinski definition) is 0. The van der Waals surface area contributed by atoms with Gasteiger partial charge in [0.25, 0.3) is 0 Å². The maximum atomic E-state index is 6.26. The SMILES string of the molecule is COc1c2cc(C(C)(C)C)cc1COCc1ccc(s1)COCc1cc(C(C)(C)C)cc(c1OC)COCc1ccc(s1)COC2. The van der Waals surface area contributed by atoms with E-state index in [0.717, 1.165) is 53.3 Å². The highest BCUT2D eigenvalue weighted by molar-refractivity contribution is 7.12. The van der Waals surface area contributed by atoms with Gasteiger partial charge in [-0.2, -0.15) is 0 Å². The summed E-state index contributed by atoms with van der Waals surface area (Å²) in [6.45, 7) is 17.2. The van der Waals surface area contributed by atoms with Crippen molar-refractivity contribution in [3.05, 3.63) is 101 Å². The lowest BCUT2D eigenvalue weighted by Crippen LogP contribution is -2.14. The van der Waals surface area contributed by atoms with Crippen molar-refractivity contribution in [2.24, 2.45) is 0 Å². The third-order valence-electron chi connectivity index (χ3n) is 8.07. The first-order chi connectivity index (χ1) is 21.9. The van der Waals surface area contributed by atoms with Crippen LogP contribution >= 0.6 is 22.7 Å². The van der Waals surface area contributed by atoms with Crippen molar-refractivity contribution >= 4 is 22.7 Å². The summed E-state index contributed by atoms with van der Waals surface area (Å²) in [4.78, 5) is 4.63. The average molecular weight is 665 g/mol. The number of methoxy groups -OCH3 is 2. The Morgan fingerprint density at radius 2 is 0.717 bits per heavy atom. The first kappa shape index (κ1) is 34.6. The zero-order valence-electron chi connectivity index (χ0n) is 28.5. The second kappa shape index (κ2) is 15.0. The molecule has 8 heteroatoms.